The molecule has 1 aliphatic heterocycles. The number of hydrogen-bond acceptors (Lipinski definition) is 3. The van der Waals surface area contributed by atoms with Crippen molar-refractivity contribution in [1.82, 2.24) is 4.90 Å². The first kappa shape index (κ1) is 13.8. The second-order valence-corrected chi connectivity index (χ2v) is 4.86. The Morgan fingerprint density at radius 1 is 1.42 bits per heavy atom. The number of carbonyl (C=O) groups is 1. The molecule has 1 atom stereocenters. The van der Waals surface area contributed by atoms with Gasteiger partial charge in [-0.15, -0.1) is 6.58 Å². The van der Waals surface area contributed by atoms with Gasteiger partial charge in [-0.2, -0.15) is 0 Å². The van der Waals surface area contributed by atoms with Gasteiger partial charge >= 0.3 is 5.97 Å². The molecule has 1 aromatic rings. The zero-order valence-corrected chi connectivity index (χ0v) is 11.3. The van der Waals surface area contributed by atoms with Crippen LogP contribution < -0.4 is 0 Å². The Labute approximate surface area is 114 Å². The van der Waals surface area contributed by atoms with E-state index in [0.29, 0.717) is 6.61 Å². The molecular weight excluding hydrogens is 238 g/mol. The standard InChI is InChI=1S/C16H21NO2/c1-2-3-11-17-12-7-10-15(17)16(18)19-13-14-8-5-4-6-9-14/h2,4-6,8-9,15H,1,3,7,10-13H2/t15-/m0/s1. The fourth-order valence-electron chi connectivity index (χ4n) is 2.44. The summed E-state index contributed by atoms with van der Waals surface area (Å²) in [5.41, 5.74) is 1.03. The van der Waals surface area contributed by atoms with Crippen LogP contribution >= 0.6 is 0 Å². The highest BCUT2D eigenvalue weighted by Crippen LogP contribution is 2.19. The molecule has 0 radical (unpaired) electrons. The quantitative estimate of drug-likeness (QED) is 0.581. The minimum absolute atomic E-state index is 0.0661. The molecule has 102 valence electrons. The fourth-order valence-corrected chi connectivity index (χ4v) is 2.44. The highest BCUT2D eigenvalue weighted by Gasteiger charge is 2.31. The average molecular weight is 259 g/mol. The number of benzene rings is 1. The van der Waals surface area contributed by atoms with Crippen LogP contribution in [0, 0.1) is 0 Å². The number of carbonyl (C=O) groups excluding carboxylic acids is 1. The van der Waals surface area contributed by atoms with Gasteiger partial charge in [0.25, 0.3) is 0 Å². The van der Waals surface area contributed by atoms with Crippen molar-refractivity contribution in [2.45, 2.75) is 31.9 Å². The van der Waals surface area contributed by atoms with Gasteiger partial charge in [0.05, 0.1) is 0 Å². The van der Waals surface area contributed by atoms with Gasteiger partial charge in [0.1, 0.15) is 12.6 Å². The van der Waals surface area contributed by atoms with Crippen LogP contribution in [0.1, 0.15) is 24.8 Å². The zero-order valence-electron chi connectivity index (χ0n) is 11.3. The molecule has 0 spiro atoms. The molecule has 0 amide bonds. The van der Waals surface area contributed by atoms with E-state index in [1.54, 1.807) is 0 Å². The number of rotatable bonds is 6. The van der Waals surface area contributed by atoms with Crippen LogP contribution in [-0.2, 0) is 16.1 Å². The van der Waals surface area contributed by atoms with E-state index in [-0.39, 0.29) is 12.0 Å². The Kier molecular flexibility index (Phi) is 5.16. The van der Waals surface area contributed by atoms with Crippen LogP contribution in [-0.4, -0.2) is 30.0 Å². The Morgan fingerprint density at radius 3 is 2.95 bits per heavy atom. The number of likely N-dealkylation sites (tertiary alicyclic amines) is 1. The van der Waals surface area contributed by atoms with Crippen LogP contribution in [0.15, 0.2) is 43.0 Å². The molecule has 1 fully saturated rings. The largest absolute Gasteiger partial charge is 0.460 e. The predicted octanol–water partition coefficient (Wildman–Crippen LogP) is 2.77. The van der Waals surface area contributed by atoms with Crippen LogP contribution in [0.4, 0.5) is 0 Å². The Morgan fingerprint density at radius 2 is 2.21 bits per heavy atom. The van der Waals surface area contributed by atoms with Crippen LogP contribution in [0.3, 0.4) is 0 Å². The van der Waals surface area contributed by atoms with E-state index in [1.807, 2.05) is 36.4 Å². The first-order valence-corrected chi connectivity index (χ1v) is 6.87. The van der Waals surface area contributed by atoms with E-state index in [0.717, 1.165) is 37.9 Å². The Balaban J connectivity index is 1.83. The second kappa shape index (κ2) is 7.10. The third-order valence-corrected chi connectivity index (χ3v) is 3.48. The third kappa shape index (κ3) is 3.93. The lowest BCUT2D eigenvalue weighted by Gasteiger charge is -2.22. The topological polar surface area (TPSA) is 29.5 Å². The summed E-state index contributed by atoms with van der Waals surface area (Å²) in [6, 6.07) is 9.74. The van der Waals surface area contributed by atoms with Crippen molar-refractivity contribution in [2.75, 3.05) is 13.1 Å². The number of ether oxygens (including phenoxy) is 1. The molecule has 1 saturated heterocycles. The van der Waals surface area contributed by atoms with Gasteiger partial charge in [-0.3, -0.25) is 9.69 Å². The van der Waals surface area contributed by atoms with Gasteiger partial charge < -0.3 is 4.74 Å². The van der Waals surface area contributed by atoms with Crippen molar-refractivity contribution in [1.29, 1.82) is 0 Å². The summed E-state index contributed by atoms with van der Waals surface area (Å²) >= 11 is 0. The maximum absolute atomic E-state index is 12.1. The Hall–Kier alpha value is -1.61. The summed E-state index contributed by atoms with van der Waals surface area (Å²) in [6.45, 7) is 5.97. The summed E-state index contributed by atoms with van der Waals surface area (Å²) in [5, 5.41) is 0. The minimum atomic E-state index is -0.0922. The fraction of sp³-hybridized carbons (Fsp3) is 0.438. The lowest BCUT2D eigenvalue weighted by Crippen LogP contribution is -2.37. The number of nitrogens with zero attached hydrogens (tertiary/aromatic N) is 1. The van der Waals surface area contributed by atoms with E-state index in [1.165, 1.54) is 0 Å². The first-order valence-electron chi connectivity index (χ1n) is 6.87. The molecule has 1 aromatic carbocycles. The normalized spacial score (nSPS) is 19.3. The van der Waals surface area contributed by atoms with Gasteiger partial charge in [0.2, 0.25) is 0 Å². The van der Waals surface area contributed by atoms with Gasteiger partial charge in [0, 0.05) is 6.54 Å². The lowest BCUT2D eigenvalue weighted by molar-refractivity contribution is -0.150. The van der Waals surface area contributed by atoms with Crippen molar-refractivity contribution in [3.8, 4) is 0 Å². The molecule has 1 aliphatic rings. The predicted molar refractivity (Wildman–Crippen MR) is 75.6 cm³/mol. The lowest BCUT2D eigenvalue weighted by atomic mass is 10.2. The minimum Gasteiger partial charge on any atom is -0.460 e. The maximum atomic E-state index is 12.1. The molecule has 0 N–H and O–H groups in total. The molecule has 19 heavy (non-hydrogen) atoms. The van der Waals surface area contributed by atoms with E-state index >= 15 is 0 Å². The van der Waals surface area contributed by atoms with Crippen LogP contribution in [0.5, 0.6) is 0 Å². The van der Waals surface area contributed by atoms with Crippen molar-refractivity contribution < 1.29 is 9.53 Å². The molecule has 3 heteroatoms. The van der Waals surface area contributed by atoms with Gasteiger partial charge in [-0.25, -0.2) is 0 Å². The molecule has 0 aliphatic carbocycles. The first-order chi connectivity index (χ1) is 9.31. The maximum Gasteiger partial charge on any atom is 0.323 e. The van der Waals surface area contributed by atoms with Crippen molar-refractivity contribution in [2.24, 2.45) is 0 Å². The molecular formula is C16H21NO2. The van der Waals surface area contributed by atoms with Crippen LogP contribution in [0.25, 0.3) is 0 Å². The zero-order chi connectivity index (χ0) is 13.5. The highest BCUT2D eigenvalue weighted by atomic mass is 16.5. The molecule has 1 heterocycles. The van der Waals surface area contributed by atoms with Gasteiger partial charge in [-0.1, -0.05) is 36.4 Å². The monoisotopic (exact) mass is 259 g/mol. The van der Waals surface area contributed by atoms with Gasteiger partial charge in [0.15, 0.2) is 0 Å². The average Bonchev–Trinajstić information content (AvgIpc) is 2.92. The second-order valence-electron chi connectivity index (χ2n) is 4.86. The van der Waals surface area contributed by atoms with E-state index in [4.69, 9.17) is 4.74 Å². The summed E-state index contributed by atoms with van der Waals surface area (Å²) in [6.07, 6.45) is 4.79. The summed E-state index contributed by atoms with van der Waals surface area (Å²) in [5.74, 6) is -0.0922. The summed E-state index contributed by atoms with van der Waals surface area (Å²) in [4.78, 5) is 14.3. The van der Waals surface area contributed by atoms with Gasteiger partial charge in [-0.05, 0) is 31.4 Å². The van der Waals surface area contributed by atoms with Crippen molar-refractivity contribution >= 4 is 5.97 Å². The van der Waals surface area contributed by atoms with Crippen LogP contribution in [0.2, 0.25) is 0 Å². The van der Waals surface area contributed by atoms with E-state index in [9.17, 15) is 4.79 Å². The summed E-state index contributed by atoms with van der Waals surface area (Å²) < 4.78 is 5.42. The van der Waals surface area contributed by atoms with E-state index in [2.05, 4.69) is 11.5 Å². The molecule has 0 saturated carbocycles. The van der Waals surface area contributed by atoms with Crippen molar-refractivity contribution in [3.05, 3.63) is 48.6 Å². The third-order valence-electron chi connectivity index (χ3n) is 3.48. The molecule has 2 rings (SSSR count). The highest BCUT2D eigenvalue weighted by molar-refractivity contribution is 5.76. The van der Waals surface area contributed by atoms with Crippen molar-refractivity contribution in [3.63, 3.8) is 0 Å². The molecule has 0 bridgehead atoms. The SMILES string of the molecule is C=CCCN1CCC[C@H]1C(=O)OCc1ccccc1. The number of esters is 1. The van der Waals surface area contributed by atoms with E-state index < -0.39 is 0 Å². The Bertz CT molecular complexity index is 416. The summed E-state index contributed by atoms with van der Waals surface area (Å²) in [7, 11) is 0. The molecule has 0 unspecified atom stereocenters. The molecule has 3 nitrogen and oxygen atoms in total. The smallest absolute Gasteiger partial charge is 0.323 e. The number of hydrogen-bond donors (Lipinski definition) is 0. The molecule has 0 aromatic heterocycles.